The molecule has 9 nitrogen and oxygen atoms in total. The fourth-order valence-electron chi connectivity index (χ4n) is 3.88. The number of carbonyl (C=O) groups excluding carboxylic acids is 2. The van der Waals surface area contributed by atoms with Gasteiger partial charge in [-0.3, -0.25) is 9.59 Å². The van der Waals surface area contributed by atoms with Crippen LogP contribution in [0.1, 0.15) is 42.7 Å². The second-order valence-electron chi connectivity index (χ2n) is 8.06. The molecule has 2 saturated heterocycles. The van der Waals surface area contributed by atoms with Crippen LogP contribution in [-0.4, -0.2) is 85.5 Å². The van der Waals surface area contributed by atoms with E-state index in [4.69, 9.17) is 4.74 Å². The summed E-state index contributed by atoms with van der Waals surface area (Å²) in [4.78, 5) is 37.9. The van der Waals surface area contributed by atoms with Gasteiger partial charge in [-0.05, 0) is 19.8 Å². The normalized spacial score (nSPS) is 19.3. The molecule has 10 heteroatoms. The predicted octanol–water partition coefficient (Wildman–Crippen LogP) is 1.93. The summed E-state index contributed by atoms with van der Waals surface area (Å²) in [5, 5.41) is 5.68. The van der Waals surface area contributed by atoms with E-state index in [1.54, 1.807) is 27.5 Å². The van der Waals surface area contributed by atoms with E-state index in [1.807, 2.05) is 17.9 Å². The average Bonchev–Trinajstić information content (AvgIpc) is 3.43. The molecule has 0 bridgehead atoms. The van der Waals surface area contributed by atoms with Crippen LogP contribution in [0.5, 0.6) is 0 Å². The summed E-state index contributed by atoms with van der Waals surface area (Å²) >= 11 is 1.65. The Morgan fingerprint density at radius 3 is 2.58 bits per heavy atom. The lowest BCUT2D eigenvalue weighted by Crippen LogP contribution is -2.52. The van der Waals surface area contributed by atoms with Crippen molar-refractivity contribution in [2.24, 2.45) is 0 Å². The van der Waals surface area contributed by atoms with E-state index >= 15 is 0 Å². The Kier molecular flexibility index (Phi) is 6.57. The third-order valence-electron chi connectivity index (χ3n) is 5.52. The van der Waals surface area contributed by atoms with E-state index in [0.717, 1.165) is 23.6 Å². The van der Waals surface area contributed by atoms with Crippen molar-refractivity contribution in [3.63, 3.8) is 0 Å². The number of ether oxygens (including phenoxy) is 1. The first-order valence-electron chi connectivity index (χ1n) is 10.7. The molecule has 1 atom stereocenters. The van der Waals surface area contributed by atoms with Gasteiger partial charge in [-0.25, -0.2) is 14.6 Å². The molecule has 4 heterocycles. The van der Waals surface area contributed by atoms with Crippen molar-refractivity contribution < 1.29 is 14.3 Å². The zero-order valence-corrected chi connectivity index (χ0v) is 19.0. The molecule has 2 aliphatic heterocycles. The Balaban J connectivity index is 1.42. The minimum Gasteiger partial charge on any atom is -0.368 e. The Morgan fingerprint density at radius 2 is 1.90 bits per heavy atom. The molecule has 166 valence electrons. The second kappa shape index (κ2) is 9.35. The molecule has 2 aliphatic rings. The van der Waals surface area contributed by atoms with Gasteiger partial charge in [0, 0.05) is 44.1 Å². The highest BCUT2D eigenvalue weighted by atomic mass is 32.2. The van der Waals surface area contributed by atoms with Gasteiger partial charge in [0.25, 0.3) is 11.8 Å². The van der Waals surface area contributed by atoms with Gasteiger partial charge in [0.2, 0.25) is 0 Å². The Hall–Kier alpha value is -2.46. The van der Waals surface area contributed by atoms with E-state index in [-0.39, 0.29) is 17.9 Å². The molecule has 0 N–H and O–H groups in total. The second-order valence-corrected chi connectivity index (χ2v) is 9.65. The predicted molar refractivity (Wildman–Crippen MR) is 116 cm³/mol. The maximum atomic E-state index is 13.1. The first kappa shape index (κ1) is 21.8. The van der Waals surface area contributed by atoms with Crippen molar-refractivity contribution in [3.05, 3.63) is 29.8 Å². The number of rotatable bonds is 5. The summed E-state index contributed by atoms with van der Waals surface area (Å²) in [5.74, 6) is 0.618. The Bertz CT molecular complexity index is 948. The third-order valence-corrected chi connectivity index (χ3v) is 6.46. The molecule has 2 amide bonds. The van der Waals surface area contributed by atoms with Crippen LogP contribution in [0.25, 0.3) is 5.82 Å². The molecule has 0 spiro atoms. The van der Waals surface area contributed by atoms with Crippen molar-refractivity contribution >= 4 is 23.6 Å². The molecular weight excluding hydrogens is 416 g/mol. The molecule has 1 unspecified atom stereocenters. The van der Waals surface area contributed by atoms with Gasteiger partial charge in [-0.2, -0.15) is 5.10 Å². The highest BCUT2D eigenvalue weighted by Crippen LogP contribution is 2.23. The highest BCUT2D eigenvalue weighted by Gasteiger charge is 2.32. The van der Waals surface area contributed by atoms with E-state index in [1.165, 1.54) is 6.33 Å². The maximum absolute atomic E-state index is 13.1. The van der Waals surface area contributed by atoms with Crippen molar-refractivity contribution in [2.75, 3.05) is 32.8 Å². The van der Waals surface area contributed by atoms with E-state index in [2.05, 4.69) is 28.9 Å². The summed E-state index contributed by atoms with van der Waals surface area (Å²) in [6.07, 6.45) is 4.53. The van der Waals surface area contributed by atoms with Crippen molar-refractivity contribution in [1.29, 1.82) is 0 Å². The number of piperazine rings is 1. The Labute approximate surface area is 186 Å². The van der Waals surface area contributed by atoms with Crippen LogP contribution >= 0.6 is 11.8 Å². The van der Waals surface area contributed by atoms with Gasteiger partial charge in [0.05, 0.1) is 17.5 Å². The standard InChI is InChI=1S/C21H28N6O3S/c1-14(2)31-19-11-18(22-13-23-19)27-15(3)16(12-24-27)20(28)25-6-8-26(9-7-25)21(29)17-5-4-10-30-17/h11-14,17H,4-10H2,1-3H3. The number of nitrogens with zero attached hydrogens (tertiary/aromatic N) is 6. The van der Waals surface area contributed by atoms with Crippen LogP contribution in [0.3, 0.4) is 0 Å². The number of thioether (sulfide) groups is 1. The quantitative estimate of drug-likeness (QED) is 0.514. The summed E-state index contributed by atoms with van der Waals surface area (Å²) in [6.45, 7) is 8.80. The third kappa shape index (κ3) is 4.74. The molecule has 31 heavy (non-hydrogen) atoms. The fourth-order valence-corrected chi connectivity index (χ4v) is 4.64. The lowest BCUT2D eigenvalue weighted by molar-refractivity contribution is -0.142. The van der Waals surface area contributed by atoms with Crippen molar-refractivity contribution in [1.82, 2.24) is 29.5 Å². The molecule has 0 aromatic carbocycles. The van der Waals surface area contributed by atoms with Crippen LogP contribution in [-0.2, 0) is 9.53 Å². The zero-order valence-electron chi connectivity index (χ0n) is 18.2. The monoisotopic (exact) mass is 444 g/mol. The van der Waals surface area contributed by atoms with Crippen molar-refractivity contribution in [3.8, 4) is 5.82 Å². The number of hydrogen-bond acceptors (Lipinski definition) is 7. The Morgan fingerprint density at radius 1 is 1.16 bits per heavy atom. The summed E-state index contributed by atoms with van der Waals surface area (Å²) in [7, 11) is 0. The highest BCUT2D eigenvalue weighted by molar-refractivity contribution is 7.99. The van der Waals surface area contributed by atoms with Crippen LogP contribution in [0.2, 0.25) is 0 Å². The van der Waals surface area contributed by atoms with Crippen LogP contribution < -0.4 is 0 Å². The summed E-state index contributed by atoms with van der Waals surface area (Å²) in [5.41, 5.74) is 1.29. The molecule has 2 aromatic heterocycles. The largest absolute Gasteiger partial charge is 0.368 e. The molecule has 0 saturated carbocycles. The average molecular weight is 445 g/mol. The number of carbonyl (C=O) groups is 2. The number of amides is 2. The van der Waals surface area contributed by atoms with Crippen LogP contribution in [0.15, 0.2) is 23.6 Å². The SMILES string of the molecule is Cc1c(C(=O)N2CCN(C(=O)C3CCCO3)CC2)cnn1-c1cc(SC(C)C)ncn1. The van der Waals surface area contributed by atoms with Gasteiger partial charge in [-0.15, -0.1) is 11.8 Å². The topological polar surface area (TPSA) is 93.5 Å². The summed E-state index contributed by atoms with van der Waals surface area (Å²) < 4.78 is 7.18. The van der Waals surface area contributed by atoms with Gasteiger partial charge in [0.1, 0.15) is 17.5 Å². The first-order chi connectivity index (χ1) is 14.9. The van der Waals surface area contributed by atoms with E-state index in [9.17, 15) is 9.59 Å². The van der Waals surface area contributed by atoms with Gasteiger partial charge in [-0.1, -0.05) is 13.8 Å². The van der Waals surface area contributed by atoms with Crippen molar-refractivity contribution in [2.45, 2.75) is 50.0 Å². The van der Waals surface area contributed by atoms with Crippen LogP contribution in [0.4, 0.5) is 0 Å². The molecule has 0 aliphatic carbocycles. The van der Waals surface area contributed by atoms with Gasteiger partial charge < -0.3 is 14.5 Å². The smallest absolute Gasteiger partial charge is 0.257 e. The minimum absolute atomic E-state index is 0.0485. The summed E-state index contributed by atoms with van der Waals surface area (Å²) in [6, 6.07) is 1.88. The fraction of sp³-hybridized carbons (Fsp3) is 0.571. The number of aromatic nitrogens is 4. The number of hydrogen-bond donors (Lipinski definition) is 0. The molecular formula is C21H28N6O3S. The molecule has 0 radical (unpaired) electrons. The lowest BCUT2D eigenvalue weighted by Gasteiger charge is -2.35. The molecule has 2 aromatic rings. The minimum atomic E-state index is -0.311. The molecule has 4 rings (SSSR count). The first-order valence-corrected chi connectivity index (χ1v) is 11.6. The maximum Gasteiger partial charge on any atom is 0.257 e. The lowest BCUT2D eigenvalue weighted by atomic mass is 10.1. The molecule has 2 fully saturated rings. The van der Waals surface area contributed by atoms with Gasteiger partial charge >= 0.3 is 0 Å². The van der Waals surface area contributed by atoms with E-state index in [0.29, 0.717) is 49.4 Å². The van der Waals surface area contributed by atoms with Gasteiger partial charge in [0.15, 0.2) is 5.82 Å². The zero-order chi connectivity index (χ0) is 22.0. The van der Waals surface area contributed by atoms with E-state index < -0.39 is 0 Å². The van der Waals surface area contributed by atoms with Crippen LogP contribution in [0, 0.1) is 6.92 Å².